The van der Waals surface area contributed by atoms with Gasteiger partial charge in [0.15, 0.2) is 0 Å². The average molecular weight is 367 g/mol. The Morgan fingerprint density at radius 3 is 2.70 bits per heavy atom. The number of furan rings is 1. The highest BCUT2D eigenvalue weighted by atomic mass is 16.5. The van der Waals surface area contributed by atoms with Gasteiger partial charge in [-0.1, -0.05) is 0 Å². The number of amides is 1. The molecule has 0 fully saturated rings. The molecule has 2 heterocycles. The summed E-state index contributed by atoms with van der Waals surface area (Å²) in [5.74, 6) is 2.04. The van der Waals surface area contributed by atoms with Gasteiger partial charge in [-0.25, -0.2) is 0 Å². The van der Waals surface area contributed by atoms with E-state index in [0.29, 0.717) is 31.1 Å². The smallest absolute Gasteiger partial charge is 0.270 e. The van der Waals surface area contributed by atoms with Gasteiger partial charge in [0, 0.05) is 11.9 Å². The van der Waals surface area contributed by atoms with Crippen LogP contribution in [0, 0.1) is 0 Å². The van der Waals surface area contributed by atoms with Crippen molar-refractivity contribution in [1.29, 1.82) is 0 Å². The zero-order valence-corrected chi connectivity index (χ0v) is 15.0. The van der Waals surface area contributed by atoms with E-state index >= 15 is 0 Å². The number of aromatic nitrogens is 1. The van der Waals surface area contributed by atoms with E-state index in [-0.39, 0.29) is 5.91 Å². The number of benzene rings is 1. The van der Waals surface area contributed by atoms with Crippen molar-refractivity contribution in [2.45, 2.75) is 6.54 Å². The Morgan fingerprint density at radius 1 is 1.15 bits per heavy atom. The van der Waals surface area contributed by atoms with Gasteiger partial charge < -0.3 is 24.5 Å². The molecule has 3 rings (SSSR count). The van der Waals surface area contributed by atoms with Gasteiger partial charge >= 0.3 is 0 Å². The van der Waals surface area contributed by atoms with Crippen molar-refractivity contribution in [3.63, 3.8) is 0 Å². The van der Waals surface area contributed by atoms with Gasteiger partial charge in [0.1, 0.15) is 29.6 Å². The lowest BCUT2D eigenvalue weighted by Crippen LogP contribution is -2.28. The van der Waals surface area contributed by atoms with Crippen LogP contribution in [0.5, 0.6) is 11.5 Å². The maximum absolute atomic E-state index is 12.2. The summed E-state index contributed by atoms with van der Waals surface area (Å²) in [6.07, 6.45) is 3.21. The van der Waals surface area contributed by atoms with Crippen molar-refractivity contribution in [2.24, 2.45) is 0 Å². The van der Waals surface area contributed by atoms with Gasteiger partial charge in [-0.3, -0.25) is 9.78 Å². The van der Waals surface area contributed by atoms with Crippen LogP contribution in [0.2, 0.25) is 0 Å². The Bertz CT molecular complexity index is 848. The van der Waals surface area contributed by atoms with Crippen molar-refractivity contribution in [1.82, 2.24) is 10.3 Å². The molecular formula is C20H21N3O4. The number of hydrogen-bond donors (Lipinski definition) is 2. The summed E-state index contributed by atoms with van der Waals surface area (Å²) < 4.78 is 15.9. The number of nitrogens with zero attached hydrogens (tertiary/aromatic N) is 1. The standard InChI is InChI=1S/C20H21N3O4/c1-25-16-4-6-17(7-5-16)27-12-10-22-20(24)19-13-15(8-9-21-19)23-14-18-3-2-11-26-18/h2-9,11,13H,10,12,14H2,1H3,(H,21,23)(H,22,24). The first-order valence-electron chi connectivity index (χ1n) is 8.52. The highest BCUT2D eigenvalue weighted by molar-refractivity contribution is 5.93. The third-order valence-corrected chi connectivity index (χ3v) is 3.76. The second-order valence-electron chi connectivity index (χ2n) is 5.64. The molecule has 7 nitrogen and oxygen atoms in total. The van der Waals surface area contributed by atoms with E-state index in [1.807, 2.05) is 36.4 Å². The zero-order valence-electron chi connectivity index (χ0n) is 15.0. The van der Waals surface area contributed by atoms with Crippen molar-refractivity contribution in [3.05, 3.63) is 72.4 Å². The second kappa shape index (κ2) is 9.28. The molecule has 0 aliphatic heterocycles. The van der Waals surface area contributed by atoms with Gasteiger partial charge in [0.25, 0.3) is 5.91 Å². The van der Waals surface area contributed by atoms with Crippen LogP contribution in [0.15, 0.2) is 65.4 Å². The fourth-order valence-electron chi connectivity index (χ4n) is 2.36. The number of hydrogen-bond acceptors (Lipinski definition) is 6. The summed E-state index contributed by atoms with van der Waals surface area (Å²) in [4.78, 5) is 16.3. The molecule has 140 valence electrons. The molecule has 0 saturated heterocycles. The second-order valence-corrected chi connectivity index (χ2v) is 5.64. The molecule has 0 aliphatic carbocycles. The van der Waals surface area contributed by atoms with Crippen molar-refractivity contribution < 1.29 is 18.7 Å². The molecule has 0 spiro atoms. The quantitative estimate of drug-likeness (QED) is 0.565. The Labute approximate surface area is 157 Å². The number of pyridine rings is 1. The van der Waals surface area contributed by atoms with Crippen molar-refractivity contribution >= 4 is 11.6 Å². The lowest BCUT2D eigenvalue weighted by Gasteiger charge is -2.09. The van der Waals surface area contributed by atoms with E-state index < -0.39 is 0 Å². The van der Waals surface area contributed by atoms with E-state index in [2.05, 4.69) is 15.6 Å². The van der Waals surface area contributed by atoms with Crippen LogP contribution in [0.25, 0.3) is 0 Å². The molecular weight excluding hydrogens is 346 g/mol. The minimum atomic E-state index is -0.255. The average Bonchev–Trinajstić information content (AvgIpc) is 3.24. The number of carbonyl (C=O) groups is 1. The summed E-state index contributed by atoms with van der Waals surface area (Å²) in [6.45, 7) is 1.26. The van der Waals surface area contributed by atoms with Gasteiger partial charge in [-0.05, 0) is 48.5 Å². The Hall–Kier alpha value is -3.48. The molecule has 0 saturated carbocycles. The lowest BCUT2D eigenvalue weighted by molar-refractivity contribution is 0.0942. The number of methoxy groups -OCH3 is 1. The van der Waals surface area contributed by atoms with Crippen LogP contribution in [0.3, 0.4) is 0 Å². The Kier molecular flexibility index (Phi) is 6.30. The lowest BCUT2D eigenvalue weighted by atomic mass is 10.3. The molecule has 3 aromatic rings. The van der Waals surface area contributed by atoms with E-state index in [4.69, 9.17) is 13.9 Å². The van der Waals surface area contributed by atoms with E-state index in [9.17, 15) is 4.79 Å². The van der Waals surface area contributed by atoms with Gasteiger partial charge in [-0.15, -0.1) is 0 Å². The summed E-state index contributed by atoms with van der Waals surface area (Å²) in [6, 6.07) is 14.5. The van der Waals surface area contributed by atoms with Crippen molar-refractivity contribution in [3.8, 4) is 11.5 Å². The summed E-state index contributed by atoms with van der Waals surface area (Å²) in [5.41, 5.74) is 1.13. The summed E-state index contributed by atoms with van der Waals surface area (Å²) in [5, 5.41) is 5.98. The van der Waals surface area contributed by atoms with E-state index in [0.717, 1.165) is 17.2 Å². The number of anilines is 1. The third-order valence-electron chi connectivity index (χ3n) is 3.76. The van der Waals surface area contributed by atoms with Gasteiger partial charge in [0.2, 0.25) is 0 Å². The zero-order chi connectivity index (χ0) is 18.9. The molecule has 27 heavy (non-hydrogen) atoms. The van der Waals surface area contributed by atoms with Gasteiger partial charge in [-0.2, -0.15) is 0 Å². The molecule has 2 aromatic heterocycles. The minimum Gasteiger partial charge on any atom is -0.497 e. The van der Waals surface area contributed by atoms with Crippen LogP contribution in [-0.4, -0.2) is 31.2 Å². The van der Waals surface area contributed by atoms with E-state index in [1.165, 1.54) is 0 Å². The van der Waals surface area contributed by atoms with Crippen LogP contribution < -0.4 is 20.1 Å². The minimum absolute atomic E-state index is 0.255. The molecule has 0 radical (unpaired) electrons. The van der Waals surface area contributed by atoms with E-state index in [1.54, 1.807) is 31.7 Å². The molecule has 0 aliphatic rings. The first-order chi connectivity index (χ1) is 13.2. The number of carbonyl (C=O) groups excluding carboxylic acids is 1. The first kappa shape index (κ1) is 18.3. The Balaban J connectivity index is 1.43. The largest absolute Gasteiger partial charge is 0.497 e. The fraction of sp³-hybridized carbons (Fsp3) is 0.200. The molecule has 1 amide bonds. The van der Waals surface area contributed by atoms with Crippen LogP contribution in [0.4, 0.5) is 5.69 Å². The topological polar surface area (TPSA) is 85.6 Å². The molecule has 0 atom stereocenters. The first-order valence-corrected chi connectivity index (χ1v) is 8.52. The number of nitrogens with one attached hydrogen (secondary N) is 2. The summed E-state index contributed by atoms with van der Waals surface area (Å²) in [7, 11) is 1.61. The summed E-state index contributed by atoms with van der Waals surface area (Å²) >= 11 is 0. The molecule has 0 unspecified atom stereocenters. The van der Waals surface area contributed by atoms with Crippen LogP contribution >= 0.6 is 0 Å². The molecule has 1 aromatic carbocycles. The number of ether oxygens (including phenoxy) is 2. The predicted molar refractivity (Wildman–Crippen MR) is 101 cm³/mol. The fourth-order valence-corrected chi connectivity index (χ4v) is 2.36. The normalized spacial score (nSPS) is 10.3. The molecule has 0 bridgehead atoms. The maximum Gasteiger partial charge on any atom is 0.270 e. The predicted octanol–water partition coefficient (Wildman–Crippen LogP) is 3.10. The highest BCUT2D eigenvalue weighted by Gasteiger charge is 2.08. The van der Waals surface area contributed by atoms with Gasteiger partial charge in [0.05, 0.1) is 26.5 Å². The maximum atomic E-state index is 12.2. The highest BCUT2D eigenvalue weighted by Crippen LogP contribution is 2.16. The Morgan fingerprint density at radius 2 is 1.96 bits per heavy atom. The third kappa shape index (κ3) is 5.50. The van der Waals surface area contributed by atoms with Crippen molar-refractivity contribution in [2.75, 3.05) is 25.6 Å². The monoisotopic (exact) mass is 367 g/mol. The van der Waals surface area contributed by atoms with Crippen LogP contribution in [0.1, 0.15) is 16.2 Å². The number of rotatable bonds is 9. The molecule has 7 heteroatoms. The SMILES string of the molecule is COc1ccc(OCCNC(=O)c2cc(NCc3ccco3)ccn2)cc1. The van der Waals surface area contributed by atoms with Crippen LogP contribution in [-0.2, 0) is 6.54 Å². The molecule has 2 N–H and O–H groups in total.